The van der Waals surface area contributed by atoms with E-state index in [9.17, 15) is 9.90 Å². The number of rotatable bonds is 9. The lowest BCUT2D eigenvalue weighted by Gasteiger charge is -2.33. The molecule has 4 aromatic carbocycles. The Morgan fingerprint density at radius 2 is 1.12 bits per heavy atom. The van der Waals surface area contributed by atoms with E-state index >= 15 is 0 Å². The van der Waals surface area contributed by atoms with Gasteiger partial charge in [0.1, 0.15) is 28.6 Å². The third-order valence-electron chi connectivity index (χ3n) is 8.02. The van der Waals surface area contributed by atoms with E-state index in [4.69, 9.17) is 18.9 Å². The van der Waals surface area contributed by atoms with Crippen molar-refractivity contribution in [3.05, 3.63) is 119 Å². The van der Waals surface area contributed by atoms with Crippen LogP contribution in [0.3, 0.4) is 0 Å². The summed E-state index contributed by atoms with van der Waals surface area (Å²) in [4.78, 5) is 14.7. The Labute approximate surface area is 235 Å². The van der Waals surface area contributed by atoms with Crippen LogP contribution in [0.2, 0.25) is 0 Å². The van der Waals surface area contributed by atoms with Crippen molar-refractivity contribution in [1.82, 2.24) is 0 Å². The number of benzene rings is 4. The van der Waals surface area contributed by atoms with Crippen molar-refractivity contribution in [3.8, 4) is 23.0 Å². The number of aliphatic hydroxyl groups is 1. The number of ether oxygens (including phenoxy) is 4. The molecule has 1 saturated carbocycles. The SMILES string of the molecule is COc1cc(OC)cc(C(=O)[C@H]2[C@H](c3ccccc3)[C@@H](c3ccccc3)C[C@]2(O)c2cc(OC)cc(OC)c2)c1. The van der Waals surface area contributed by atoms with Crippen LogP contribution in [-0.4, -0.2) is 39.3 Å². The summed E-state index contributed by atoms with van der Waals surface area (Å²) in [5.41, 5.74) is 1.47. The van der Waals surface area contributed by atoms with Crippen LogP contribution in [0.5, 0.6) is 23.0 Å². The Bertz CT molecular complexity index is 1420. The van der Waals surface area contributed by atoms with Crippen molar-refractivity contribution in [1.29, 1.82) is 0 Å². The highest BCUT2D eigenvalue weighted by Gasteiger charge is 2.57. The lowest BCUT2D eigenvalue weighted by molar-refractivity contribution is -0.000590. The van der Waals surface area contributed by atoms with E-state index in [1.165, 1.54) is 0 Å². The Kier molecular flexibility index (Phi) is 7.81. The largest absolute Gasteiger partial charge is 0.497 e. The molecule has 6 nitrogen and oxygen atoms in total. The molecule has 1 aliphatic rings. The zero-order chi connectivity index (χ0) is 28.3. The van der Waals surface area contributed by atoms with Crippen molar-refractivity contribution < 1.29 is 28.8 Å². The molecule has 0 heterocycles. The summed E-state index contributed by atoms with van der Waals surface area (Å²) >= 11 is 0. The number of hydrogen-bond acceptors (Lipinski definition) is 6. The van der Waals surface area contributed by atoms with Crippen LogP contribution in [-0.2, 0) is 5.60 Å². The summed E-state index contributed by atoms with van der Waals surface area (Å²) in [6.07, 6.45) is 0.324. The standard InChI is InChI=1S/C34H34O6/c1-37-26-15-24(16-27(19-26)38-2)33(35)32-31(23-13-9-6-10-14-23)30(22-11-7-5-8-12-22)21-34(32,36)25-17-28(39-3)20-29(18-25)40-4/h5-20,30-32,36H,21H2,1-4H3/t30-,31-,32-,34+/m1/s1. The third-order valence-corrected chi connectivity index (χ3v) is 8.02. The molecule has 0 unspecified atom stereocenters. The average Bonchev–Trinajstić information content (AvgIpc) is 3.35. The smallest absolute Gasteiger partial charge is 0.170 e. The van der Waals surface area contributed by atoms with E-state index in [0.717, 1.165) is 11.1 Å². The molecule has 5 rings (SSSR count). The van der Waals surface area contributed by atoms with Gasteiger partial charge in [0.15, 0.2) is 5.78 Å². The van der Waals surface area contributed by atoms with Gasteiger partial charge < -0.3 is 24.1 Å². The molecule has 0 aromatic heterocycles. The molecule has 40 heavy (non-hydrogen) atoms. The molecule has 6 heteroatoms. The van der Waals surface area contributed by atoms with Crippen molar-refractivity contribution >= 4 is 5.78 Å². The highest BCUT2D eigenvalue weighted by atomic mass is 16.5. The van der Waals surface area contributed by atoms with E-state index in [1.54, 1.807) is 64.8 Å². The predicted molar refractivity (Wildman–Crippen MR) is 154 cm³/mol. The number of hydrogen-bond donors (Lipinski definition) is 1. The number of Topliss-reactive ketones (excluding diaryl/α,β-unsaturated/α-hetero) is 1. The normalized spacial score (nSPS) is 22.0. The zero-order valence-corrected chi connectivity index (χ0v) is 23.2. The molecule has 0 bridgehead atoms. The second-order valence-corrected chi connectivity index (χ2v) is 10.1. The molecule has 4 aromatic rings. The monoisotopic (exact) mass is 538 g/mol. The molecule has 4 atom stereocenters. The maximum Gasteiger partial charge on any atom is 0.170 e. The van der Waals surface area contributed by atoms with Gasteiger partial charge in [-0.3, -0.25) is 4.79 Å². The number of ketones is 1. The summed E-state index contributed by atoms with van der Waals surface area (Å²) in [7, 11) is 6.25. The van der Waals surface area contributed by atoms with Gasteiger partial charge in [-0.2, -0.15) is 0 Å². The minimum absolute atomic E-state index is 0.146. The van der Waals surface area contributed by atoms with Gasteiger partial charge in [-0.1, -0.05) is 60.7 Å². The van der Waals surface area contributed by atoms with Crippen LogP contribution in [0.4, 0.5) is 0 Å². The summed E-state index contributed by atoms with van der Waals surface area (Å²) in [6.45, 7) is 0. The molecule has 0 saturated heterocycles. The molecule has 1 N–H and O–H groups in total. The highest BCUT2D eigenvalue weighted by molar-refractivity contribution is 6.00. The van der Waals surface area contributed by atoms with E-state index in [1.807, 2.05) is 48.5 Å². The fourth-order valence-electron chi connectivity index (χ4n) is 6.11. The summed E-state index contributed by atoms with van der Waals surface area (Å²) in [6, 6.07) is 30.5. The molecular formula is C34H34O6. The average molecular weight is 539 g/mol. The van der Waals surface area contributed by atoms with Gasteiger partial charge >= 0.3 is 0 Å². The van der Waals surface area contributed by atoms with Gasteiger partial charge in [-0.15, -0.1) is 0 Å². The van der Waals surface area contributed by atoms with Gasteiger partial charge in [-0.05, 0) is 53.3 Å². The second kappa shape index (κ2) is 11.4. The van der Waals surface area contributed by atoms with Crippen LogP contribution in [0.15, 0.2) is 97.1 Å². The molecule has 0 aliphatic heterocycles. The molecule has 1 aliphatic carbocycles. The van der Waals surface area contributed by atoms with Crippen LogP contribution in [0.25, 0.3) is 0 Å². The Balaban J connectivity index is 1.77. The van der Waals surface area contributed by atoms with E-state index in [2.05, 4.69) is 12.1 Å². The lowest BCUT2D eigenvalue weighted by Crippen LogP contribution is -2.38. The minimum Gasteiger partial charge on any atom is -0.497 e. The van der Waals surface area contributed by atoms with E-state index in [0.29, 0.717) is 40.5 Å². The lowest BCUT2D eigenvalue weighted by atomic mass is 9.73. The molecule has 0 spiro atoms. The van der Waals surface area contributed by atoms with Crippen molar-refractivity contribution in [3.63, 3.8) is 0 Å². The van der Waals surface area contributed by atoms with Gasteiger partial charge in [0.25, 0.3) is 0 Å². The quantitative estimate of drug-likeness (QED) is 0.249. The Morgan fingerprint density at radius 1 is 0.675 bits per heavy atom. The van der Waals surface area contributed by atoms with E-state index < -0.39 is 11.5 Å². The maximum atomic E-state index is 14.7. The second-order valence-electron chi connectivity index (χ2n) is 10.1. The Morgan fingerprint density at radius 3 is 1.60 bits per heavy atom. The minimum atomic E-state index is -1.55. The zero-order valence-electron chi connectivity index (χ0n) is 23.2. The molecule has 206 valence electrons. The fourth-order valence-corrected chi connectivity index (χ4v) is 6.11. The molecule has 0 radical (unpaired) electrons. The summed E-state index contributed by atoms with van der Waals surface area (Å²) in [5.74, 6) is 0.574. The van der Waals surface area contributed by atoms with Gasteiger partial charge in [0, 0.05) is 23.6 Å². The van der Waals surface area contributed by atoms with Crippen molar-refractivity contribution in [2.45, 2.75) is 23.9 Å². The summed E-state index contributed by atoms with van der Waals surface area (Å²) in [5, 5.41) is 12.8. The maximum absolute atomic E-state index is 14.7. The predicted octanol–water partition coefficient (Wildman–Crippen LogP) is 6.38. The first kappa shape index (κ1) is 27.3. The molecular weight excluding hydrogens is 504 g/mol. The Hall–Kier alpha value is -4.29. The molecule has 0 amide bonds. The van der Waals surface area contributed by atoms with Crippen LogP contribution >= 0.6 is 0 Å². The first-order valence-corrected chi connectivity index (χ1v) is 13.2. The van der Waals surface area contributed by atoms with Crippen molar-refractivity contribution in [2.24, 2.45) is 5.92 Å². The van der Waals surface area contributed by atoms with Crippen molar-refractivity contribution in [2.75, 3.05) is 28.4 Å². The number of carbonyl (C=O) groups is 1. The first-order valence-electron chi connectivity index (χ1n) is 13.2. The topological polar surface area (TPSA) is 74.2 Å². The van der Waals surface area contributed by atoms with E-state index in [-0.39, 0.29) is 17.6 Å². The van der Waals surface area contributed by atoms with Crippen LogP contribution in [0.1, 0.15) is 45.3 Å². The molecule has 1 fully saturated rings. The number of carbonyl (C=O) groups excluding carboxylic acids is 1. The summed E-state index contributed by atoms with van der Waals surface area (Å²) < 4.78 is 22.1. The third kappa shape index (κ3) is 5.03. The van der Waals surface area contributed by atoms with Gasteiger partial charge in [0.05, 0.1) is 34.4 Å². The van der Waals surface area contributed by atoms with Gasteiger partial charge in [-0.25, -0.2) is 0 Å². The van der Waals surface area contributed by atoms with Crippen LogP contribution in [0, 0.1) is 5.92 Å². The highest BCUT2D eigenvalue weighted by Crippen LogP contribution is 2.60. The van der Waals surface area contributed by atoms with Crippen LogP contribution < -0.4 is 18.9 Å². The number of methoxy groups -OCH3 is 4. The van der Waals surface area contributed by atoms with Gasteiger partial charge in [0.2, 0.25) is 0 Å². The fraction of sp³-hybridized carbons (Fsp3) is 0.265. The first-order chi connectivity index (χ1) is 19.4.